The Balaban J connectivity index is 2.21. The maximum absolute atomic E-state index is 12.2. The normalized spacial score (nSPS) is 14.5. The second-order valence-corrected chi connectivity index (χ2v) is 5.88. The van der Waals surface area contributed by atoms with Crippen LogP contribution in [0.3, 0.4) is 0 Å². The Hall–Kier alpha value is -1.94. The Morgan fingerprint density at radius 1 is 1.41 bits per heavy atom. The molecule has 0 unspecified atom stereocenters. The van der Waals surface area contributed by atoms with Crippen molar-refractivity contribution in [3.8, 4) is 5.88 Å². The SMILES string of the molecule is CCOC(=O)n1c(O)c(C=C2CCCC2)c2ccc(Cl)cc21. The fraction of sp³-hybridized carbons (Fsp3) is 0.353. The first-order chi connectivity index (χ1) is 10.6. The molecule has 0 saturated heterocycles. The molecule has 1 aliphatic carbocycles. The van der Waals surface area contributed by atoms with Gasteiger partial charge in [-0.2, -0.15) is 0 Å². The van der Waals surface area contributed by atoms with Crippen LogP contribution in [0.15, 0.2) is 23.8 Å². The van der Waals surface area contributed by atoms with Gasteiger partial charge in [0.25, 0.3) is 0 Å². The number of halogens is 1. The standard InChI is InChI=1S/C17H18ClNO3/c1-2-22-17(21)19-15-10-12(18)7-8-13(15)14(16(19)20)9-11-5-3-4-6-11/h7-10,20H,2-6H2,1H3. The van der Waals surface area contributed by atoms with Crippen LogP contribution in [0, 0.1) is 0 Å². The summed E-state index contributed by atoms with van der Waals surface area (Å²) in [6.45, 7) is 1.98. The second-order valence-electron chi connectivity index (χ2n) is 5.44. The summed E-state index contributed by atoms with van der Waals surface area (Å²) < 4.78 is 6.23. The number of fused-ring (bicyclic) bond motifs is 1. The van der Waals surface area contributed by atoms with Crippen molar-refractivity contribution in [2.24, 2.45) is 0 Å². The van der Waals surface area contributed by atoms with Gasteiger partial charge in [0.2, 0.25) is 5.88 Å². The Morgan fingerprint density at radius 2 is 2.14 bits per heavy atom. The van der Waals surface area contributed by atoms with E-state index >= 15 is 0 Å². The summed E-state index contributed by atoms with van der Waals surface area (Å²) in [5.41, 5.74) is 2.53. The van der Waals surface area contributed by atoms with Crippen molar-refractivity contribution >= 4 is 34.7 Å². The van der Waals surface area contributed by atoms with Gasteiger partial charge in [0.1, 0.15) is 0 Å². The lowest BCUT2D eigenvalue weighted by atomic mass is 10.1. The summed E-state index contributed by atoms with van der Waals surface area (Å²) in [6.07, 6.45) is 5.83. The summed E-state index contributed by atoms with van der Waals surface area (Å²) in [6, 6.07) is 5.26. The highest BCUT2D eigenvalue weighted by molar-refractivity contribution is 6.31. The number of carbonyl (C=O) groups excluding carboxylic acids is 1. The van der Waals surface area contributed by atoms with Crippen LogP contribution in [0.2, 0.25) is 5.02 Å². The van der Waals surface area contributed by atoms with Crippen molar-refractivity contribution in [3.63, 3.8) is 0 Å². The van der Waals surface area contributed by atoms with Crippen LogP contribution in [0.4, 0.5) is 4.79 Å². The highest BCUT2D eigenvalue weighted by Crippen LogP contribution is 2.37. The molecule has 0 atom stereocenters. The van der Waals surface area contributed by atoms with E-state index in [0.29, 0.717) is 16.1 Å². The van der Waals surface area contributed by atoms with E-state index in [0.717, 1.165) is 18.2 Å². The first kappa shape index (κ1) is 15.0. The Bertz CT molecular complexity index is 753. The van der Waals surface area contributed by atoms with Crippen LogP contribution >= 0.6 is 11.6 Å². The monoisotopic (exact) mass is 319 g/mol. The molecule has 0 radical (unpaired) electrons. The second kappa shape index (κ2) is 6.05. The molecule has 1 aromatic heterocycles. The predicted octanol–water partition coefficient (Wildman–Crippen LogP) is 4.96. The van der Waals surface area contributed by atoms with Crippen LogP contribution in [0.1, 0.15) is 38.2 Å². The van der Waals surface area contributed by atoms with E-state index in [4.69, 9.17) is 16.3 Å². The van der Waals surface area contributed by atoms with E-state index in [1.807, 2.05) is 12.1 Å². The minimum atomic E-state index is -0.594. The van der Waals surface area contributed by atoms with Crippen LogP contribution in [-0.4, -0.2) is 22.4 Å². The van der Waals surface area contributed by atoms with Gasteiger partial charge >= 0.3 is 6.09 Å². The maximum Gasteiger partial charge on any atom is 0.421 e. The fourth-order valence-electron chi connectivity index (χ4n) is 2.97. The third-order valence-electron chi connectivity index (χ3n) is 3.99. The molecular weight excluding hydrogens is 302 g/mol. The molecule has 1 aromatic carbocycles. The third-order valence-corrected chi connectivity index (χ3v) is 4.22. The molecule has 1 heterocycles. The third kappa shape index (κ3) is 2.59. The van der Waals surface area contributed by atoms with E-state index < -0.39 is 6.09 Å². The van der Waals surface area contributed by atoms with Gasteiger partial charge in [0, 0.05) is 16.0 Å². The number of aromatic nitrogens is 1. The summed E-state index contributed by atoms with van der Waals surface area (Å²) in [5.74, 6) is -0.0879. The van der Waals surface area contributed by atoms with Crippen molar-refractivity contribution < 1.29 is 14.6 Å². The van der Waals surface area contributed by atoms with Crippen molar-refractivity contribution in [2.45, 2.75) is 32.6 Å². The van der Waals surface area contributed by atoms with Crippen molar-refractivity contribution in [3.05, 3.63) is 34.4 Å². The van der Waals surface area contributed by atoms with Crippen LogP contribution in [0.25, 0.3) is 17.0 Å². The Labute approximate surface area is 133 Å². The molecule has 1 aliphatic rings. The first-order valence-corrected chi connectivity index (χ1v) is 7.89. The number of hydrogen-bond donors (Lipinski definition) is 1. The predicted molar refractivity (Wildman–Crippen MR) is 87.5 cm³/mol. The lowest BCUT2D eigenvalue weighted by Crippen LogP contribution is -2.12. The van der Waals surface area contributed by atoms with Crippen molar-refractivity contribution in [1.82, 2.24) is 4.57 Å². The minimum Gasteiger partial charge on any atom is -0.494 e. The van der Waals surface area contributed by atoms with E-state index in [1.165, 1.54) is 23.0 Å². The summed E-state index contributed by atoms with van der Waals surface area (Å²) in [4.78, 5) is 12.2. The smallest absolute Gasteiger partial charge is 0.421 e. The number of allylic oxidation sites excluding steroid dienone is 1. The van der Waals surface area contributed by atoms with Gasteiger partial charge in [0.05, 0.1) is 12.1 Å². The zero-order chi connectivity index (χ0) is 15.7. The Morgan fingerprint density at radius 3 is 2.82 bits per heavy atom. The van der Waals surface area contributed by atoms with E-state index in [2.05, 4.69) is 0 Å². The summed E-state index contributed by atoms with van der Waals surface area (Å²) in [7, 11) is 0. The van der Waals surface area contributed by atoms with Gasteiger partial charge in [0.15, 0.2) is 0 Å². The zero-order valence-electron chi connectivity index (χ0n) is 12.4. The molecule has 1 saturated carbocycles. The molecule has 0 amide bonds. The average Bonchev–Trinajstić information content (AvgIpc) is 3.07. The van der Waals surface area contributed by atoms with Crippen molar-refractivity contribution in [1.29, 1.82) is 0 Å². The van der Waals surface area contributed by atoms with E-state index in [-0.39, 0.29) is 12.5 Å². The molecule has 3 rings (SSSR count). The van der Waals surface area contributed by atoms with Gasteiger partial charge in [-0.25, -0.2) is 9.36 Å². The molecule has 2 aromatic rings. The molecule has 0 spiro atoms. The summed E-state index contributed by atoms with van der Waals surface area (Å²) >= 11 is 6.04. The van der Waals surface area contributed by atoms with Gasteiger partial charge in [-0.05, 0) is 50.8 Å². The first-order valence-electron chi connectivity index (χ1n) is 7.51. The quantitative estimate of drug-likeness (QED) is 0.851. The molecule has 116 valence electrons. The molecule has 22 heavy (non-hydrogen) atoms. The largest absolute Gasteiger partial charge is 0.494 e. The number of benzene rings is 1. The van der Waals surface area contributed by atoms with Gasteiger partial charge in [-0.1, -0.05) is 23.2 Å². The number of aromatic hydroxyl groups is 1. The molecule has 1 fully saturated rings. The molecular formula is C17H18ClNO3. The fourth-order valence-corrected chi connectivity index (χ4v) is 3.13. The molecule has 4 nitrogen and oxygen atoms in total. The number of carbonyl (C=O) groups is 1. The highest BCUT2D eigenvalue weighted by Gasteiger charge is 2.22. The van der Waals surface area contributed by atoms with Crippen LogP contribution < -0.4 is 0 Å². The zero-order valence-corrected chi connectivity index (χ0v) is 13.2. The highest BCUT2D eigenvalue weighted by atomic mass is 35.5. The minimum absolute atomic E-state index is 0.0879. The lowest BCUT2D eigenvalue weighted by Gasteiger charge is -2.05. The van der Waals surface area contributed by atoms with Gasteiger partial charge in [-0.3, -0.25) is 0 Å². The van der Waals surface area contributed by atoms with Gasteiger partial charge < -0.3 is 9.84 Å². The van der Waals surface area contributed by atoms with Gasteiger partial charge in [-0.15, -0.1) is 0 Å². The molecule has 0 aliphatic heterocycles. The average molecular weight is 320 g/mol. The topological polar surface area (TPSA) is 51.5 Å². The summed E-state index contributed by atoms with van der Waals surface area (Å²) in [5, 5.41) is 11.8. The van der Waals surface area contributed by atoms with E-state index in [9.17, 15) is 9.90 Å². The van der Waals surface area contributed by atoms with Crippen LogP contribution in [0.5, 0.6) is 5.88 Å². The molecule has 0 bridgehead atoms. The number of ether oxygens (including phenoxy) is 1. The lowest BCUT2D eigenvalue weighted by molar-refractivity contribution is 0.152. The molecule has 1 N–H and O–H groups in total. The number of hydrogen-bond acceptors (Lipinski definition) is 3. The number of rotatable bonds is 2. The number of nitrogens with zero attached hydrogens (tertiary/aromatic N) is 1. The molecule has 5 heteroatoms. The van der Waals surface area contributed by atoms with Crippen molar-refractivity contribution in [2.75, 3.05) is 6.61 Å². The maximum atomic E-state index is 12.2. The van der Waals surface area contributed by atoms with E-state index in [1.54, 1.807) is 19.1 Å². The van der Waals surface area contributed by atoms with Crippen LogP contribution in [-0.2, 0) is 4.74 Å². The Kier molecular flexibility index (Phi) is 4.12.